The van der Waals surface area contributed by atoms with Crippen LogP contribution in [0.3, 0.4) is 0 Å². The zero-order valence-electron chi connectivity index (χ0n) is 13.3. The lowest BCUT2D eigenvalue weighted by atomic mass is 10.1. The van der Waals surface area contributed by atoms with Gasteiger partial charge in [0, 0.05) is 13.5 Å². The summed E-state index contributed by atoms with van der Waals surface area (Å²) in [6.45, 7) is -0.375. The molecule has 0 saturated carbocycles. The SMILES string of the molecule is CNC(=O)C[C@@H]1[C@@H](F)[C@H](O)[C@@H](CF)N1CCCc1ccccc1. The van der Waals surface area contributed by atoms with Crippen LogP contribution < -0.4 is 5.32 Å². The van der Waals surface area contributed by atoms with Crippen LogP contribution in [0.5, 0.6) is 0 Å². The van der Waals surface area contributed by atoms with E-state index in [0.29, 0.717) is 13.0 Å². The van der Waals surface area contributed by atoms with Crippen LogP contribution in [-0.2, 0) is 11.2 Å². The van der Waals surface area contributed by atoms with Crippen molar-refractivity contribution < 1.29 is 18.7 Å². The van der Waals surface area contributed by atoms with Crippen LogP contribution in [0.4, 0.5) is 8.78 Å². The monoisotopic (exact) mass is 326 g/mol. The number of benzene rings is 1. The number of nitrogens with zero attached hydrogens (tertiary/aromatic N) is 1. The van der Waals surface area contributed by atoms with Crippen molar-refractivity contribution in [1.82, 2.24) is 10.2 Å². The molecule has 2 N–H and O–H groups in total. The summed E-state index contributed by atoms with van der Waals surface area (Å²) in [5, 5.41) is 12.4. The van der Waals surface area contributed by atoms with E-state index in [0.717, 1.165) is 12.0 Å². The summed E-state index contributed by atoms with van der Waals surface area (Å²) in [6.07, 6.45) is -1.56. The van der Waals surface area contributed by atoms with E-state index in [1.165, 1.54) is 7.05 Å². The van der Waals surface area contributed by atoms with Crippen molar-refractivity contribution in [3.05, 3.63) is 35.9 Å². The van der Waals surface area contributed by atoms with Gasteiger partial charge in [0.05, 0.1) is 12.1 Å². The molecule has 4 nitrogen and oxygen atoms in total. The predicted molar refractivity (Wildman–Crippen MR) is 84.6 cm³/mol. The summed E-state index contributed by atoms with van der Waals surface area (Å²) in [5.41, 5.74) is 1.16. The Hall–Kier alpha value is -1.53. The molecular weight excluding hydrogens is 302 g/mol. The van der Waals surface area contributed by atoms with Crippen LogP contribution in [0.1, 0.15) is 18.4 Å². The van der Waals surface area contributed by atoms with E-state index in [-0.39, 0.29) is 12.3 Å². The minimum Gasteiger partial charge on any atom is -0.388 e. The molecule has 1 amide bonds. The van der Waals surface area contributed by atoms with Crippen LogP contribution >= 0.6 is 0 Å². The molecule has 23 heavy (non-hydrogen) atoms. The van der Waals surface area contributed by atoms with Gasteiger partial charge >= 0.3 is 0 Å². The van der Waals surface area contributed by atoms with Crippen LogP contribution in [-0.4, -0.2) is 60.5 Å². The first-order chi connectivity index (χ1) is 11.1. The van der Waals surface area contributed by atoms with E-state index in [1.54, 1.807) is 4.90 Å². The Bertz CT molecular complexity index is 501. The van der Waals surface area contributed by atoms with Gasteiger partial charge in [-0.2, -0.15) is 0 Å². The molecule has 1 aliphatic heterocycles. The summed E-state index contributed by atoms with van der Waals surface area (Å²) in [7, 11) is 1.48. The van der Waals surface area contributed by atoms with Crippen molar-refractivity contribution in [2.75, 3.05) is 20.3 Å². The number of aliphatic hydroxyl groups is 1. The first-order valence-corrected chi connectivity index (χ1v) is 7.96. The summed E-state index contributed by atoms with van der Waals surface area (Å²) < 4.78 is 27.5. The molecule has 1 heterocycles. The molecule has 1 saturated heterocycles. The third-order valence-electron chi connectivity index (χ3n) is 4.50. The third kappa shape index (κ3) is 4.26. The fourth-order valence-corrected chi connectivity index (χ4v) is 3.21. The highest BCUT2D eigenvalue weighted by molar-refractivity contribution is 5.76. The first kappa shape index (κ1) is 17.8. The molecule has 0 radical (unpaired) electrons. The van der Waals surface area contributed by atoms with Crippen LogP contribution in [0.2, 0.25) is 0 Å². The van der Waals surface area contributed by atoms with Crippen molar-refractivity contribution in [3.63, 3.8) is 0 Å². The lowest BCUT2D eigenvalue weighted by Gasteiger charge is -2.28. The maximum absolute atomic E-state index is 14.3. The molecule has 1 fully saturated rings. The Morgan fingerprint density at radius 3 is 2.61 bits per heavy atom. The second kappa shape index (κ2) is 8.36. The van der Waals surface area contributed by atoms with Crippen molar-refractivity contribution in [3.8, 4) is 0 Å². The molecular formula is C17H24F2N2O2. The second-order valence-corrected chi connectivity index (χ2v) is 5.93. The smallest absolute Gasteiger partial charge is 0.221 e. The number of alkyl halides is 2. The zero-order valence-corrected chi connectivity index (χ0v) is 13.3. The maximum atomic E-state index is 14.3. The molecule has 6 heteroatoms. The largest absolute Gasteiger partial charge is 0.388 e. The fourth-order valence-electron chi connectivity index (χ4n) is 3.21. The van der Waals surface area contributed by atoms with Crippen molar-refractivity contribution >= 4 is 5.91 Å². The number of aryl methyl sites for hydroxylation is 1. The lowest BCUT2D eigenvalue weighted by molar-refractivity contribution is -0.122. The number of likely N-dealkylation sites (tertiary alicyclic amines) is 1. The molecule has 1 aliphatic rings. The minimum atomic E-state index is -1.61. The van der Waals surface area contributed by atoms with Gasteiger partial charge in [-0.15, -0.1) is 0 Å². The number of carbonyl (C=O) groups excluding carboxylic acids is 1. The van der Waals surface area contributed by atoms with Gasteiger partial charge in [-0.25, -0.2) is 8.78 Å². The number of rotatable bonds is 7. The molecule has 1 aromatic rings. The van der Waals surface area contributed by atoms with Gasteiger partial charge in [-0.1, -0.05) is 30.3 Å². The average molecular weight is 326 g/mol. The van der Waals surface area contributed by atoms with Crippen LogP contribution in [0.25, 0.3) is 0 Å². The molecule has 0 spiro atoms. The van der Waals surface area contributed by atoms with Gasteiger partial charge in [-0.05, 0) is 24.9 Å². The van der Waals surface area contributed by atoms with E-state index in [2.05, 4.69) is 5.32 Å². The van der Waals surface area contributed by atoms with Gasteiger partial charge < -0.3 is 10.4 Å². The van der Waals surface area contributed by atoms with Gasteiger partial charge in [0.2, 0.25) is 5.91 Å². The number of aliphatic hydroxyl groups excluding tert-OH is 1. The number of halogens is 2. The minimum absolute atomic E-state index is 0.0729. The van der Waals surface area contributed by atoms with Gasteiger partial charge in [-0.3, -0.25) is 9.69 Å². The maximum Gasteiger partial charge on any atom is 0.221 e. The third-order valence-corrected chi connectivity index (χ3v) is 4.50. The van der Waals surface area contributed by atoms with Crippen molar-refractivity contribution in [2.45, 2.75) is 43.6 Å². The molecule has 0 unspecified atom stereocenters. The normalized spacial score (nSPS) is 28.0. The average Bonchev–Trinajstić information content (AvgIpc) is 2.80. The van der Waals surface area contributed by atoms with Crippen LogP contribution in [0.15, 0.2) is 30.3 Å². The van der Waals surface area contributed by atoms with Crippen LogP contribution in [0, 0.1) is 0 Å². The summed E-state index contributed by atoms with van der Waals surface area (Å²) >= 11 is 0. The van der Waals surface area contributed by atoms with E-state index in [1.807, 2.05) is 30.3 Å². The Morgan fingerprint density at radius 2 is 2.00 bits per heavy atom. The number of carbonyl (C=O) groups is 1. The Labute approximate surface area is 135 Å². The highest BCUT2D eigenvalue weighted by atomic mass is 19.1. The van der Waals surface area contributed by atoms with E-state index < -0.39 is 31.0 Å². The number of hydrogen-bond donors (Lipinski definition) is 2. The summed E-state index contributed by atoms with van der Waals surface area (Å²) in [6, 6.07) is 8.19. The second-order valence-electron chi connectivity index (χ2n) is 5.93. The molecule has 2 rings (SSSR count). The van der Waals surface area contributed by atoms with Crippen molar-refractivity contribution in [2.24, 2.45) is 0 Å². The Kier molecular flexibility index (Phi) is 6.47. The van der Waals surface area contributed by atoms with Gasteiger partial charge in [0.15, 0.2) is 0 Å². The molecule has 0 aromatic heterocycles. The molecule has 0 bridgehead atoms. The van der Waals surface area contributed by atoms with E-state index in [4.69, 9.17) is 0 Å². The van der Waals surface area contributed by atoms with Crippen molar-refractivity contribution in [1.29, 1.82) is 0 Å². The highest BCUT2D eigenvalue weighted by Gasteiger charge is 2.48. The zero-order chi connectivity index (χ0) is 16.8. The van der Waals surface area contributed by atoms with Gasteiger partial charge in [0.25, 0.3) is 0 Å². The van der Waals surface area contributed by atoms with Gasteiger partial charge in [0.1, 0.15) is 19.0 Å². The topological polar surface area (TPSA) is 52.6 Å². The number of nitrogens with one attached hydrogen (secondary N) is 1. The number of hydrogen-bond acceptors (Lipinski definition) is 3. The standard InChI is InChI=1S/C17H24F2N2O2/c1-20-15(22)10-13-16(19)17(23)14(11-18)21(13)9-5-8-12-6-3-2-4-7-12/h2-4,6-7,13-14,16-17,23H,5,8-11H2,1H3,(H,20,22)/t13-,14-,16-,17-/m1/s1. The fraction of sp³-hybridized carbons (Fsp3) is 0.588. The quantitative estimate of drug-likeness (QED) is 0.798. The number of amides is 1. The highest BCUT2D eigenvalue weighted by Crippen LogP contribution is 2.30. The molecule has 0 aliphatic carbocycles. The molecule has 4 atom stereocenters. The molecule has 128 valence electrons. The Balaban J connectivity index is 2.00. The first-order valence-electron chi connectivity index (χ1n) is 7.96. The van der Waals surface area contributed by atoms with E-state index >= 15 is 0 Å². The predicted octanol–water partition coefficient (Wildman–Crippen LogP) is 1.48. The Morgan fingerprint density at radius 1 is 1.30 bits per heavy atom. The summed E-state index contributed by atoms with van der Waals surface area (Å²) in [4.78, 5) is 13.2. The molecule has 1 aromatic carbocycles. The summed E-state index contributed by atoms with van der Waals surface area (Å²) in [5.74, 6) is -0.308. The lowest BCUT2D eigenvalue weighted by Crippen LogP contribution is -2.43. The van der Waals surface area contributed by atoms with E-state index in [9.17, 15) is 18.7 Å².